The molecule has 0 radical (unpaired) electrons. The van der Waals surface area contributed by atoms with E-state index in [2.05, 4.69) is 14.7 Å². The van der Waals surface area contributed by atoms with Crippen LogP contribution in [0.3, 0.4) is 0 Å². The highest BCUT2D eigenvalue weighted by molar-refractivity contribution is 7.93. The number of amides is 2. The molecule has 0 saturated heterocycles. The minimum atomic E-state index is -2.86. The van der Waals surface area contributed by atoms with E-state index in [0.717, 1.165) is 5.56 Å². The van der Waals surface area contributed by atoms with Gasteiger partial charge in [0.25, 0.3) is 11.8 Å². The van der Waals surface area contributed by atoms with Crippen LogP contribution in [0.25, 0.3) is 11.1 Å². The average Bonchev–Trinajstić information content (AvgIpc) is 3.35. The maximum atomic E-state index is 12.9. The lowest BCUT2D eigenvalue weighted by molar-refractivity contribution is 0.100. The van der Waals surface area contributed by atoms with Crippen molar-refractivity contribution in [3.8, 4) is 11.1 Å². The Bertz CT molecular complexity index is 1370. The predicted molar refractivity (Wildman–Crippen MR) is 127 cm³/mol. The molecule has 0 fully saturated rings. The summed E-state index contributed by atoms with van der Waals surface area (Å²) in [5, 5.41) is 4.70. The van der Waals surface area contributed by atoms with E-state index in [1.807, 2.05) is 29.6 Å². The zero-order valence-corrected chi connectivity index (χ0v) is 18.7. The van der Waals surface area contributed by atoms with Crippen molar-refractivity contribution in [2.45, 2.75) is 4.90 Å². The van der Waals surface area contributed by atoms with E-state index in [0.29, 0.717) is 21.0 Å². The summed E-state index contributed by atoms with van der Waals surface area (Å²) in [5.74, 6) is -0.749. The molecule has 2 amide bonds. The average molecular weight is 462 g/mol. The lowest BCUT2D eigenvalue weighted by Crippen LogP contribution is -2.09. The Morgan fingerprint density at radius 3 is 2.38 bits per heavy atom. The van der Waals surface area contributed by atoms with Gasteiger partial charge in [-0.25, -0.2) is 4.21 Å². The van der Waals surface area contributed by atoms with Gasteiger partial charge in [-0.05, 0) is 47.3 Å². The first-order valence-corrected chi connectivity index (χ1v) is 12.4. The van der Waals surface area contributed by atoms with Crippen LogP contribution >= 0.6 is 11.3 Å². The van der Waals surface area contributed by atoms with Crippen molar-refractivity contribution in [2.75, 3.05) is 11.6 Å². The zero-order chi connectivity index (χ0) is 22.6. The van der Waals surface area contributed by atoms with Crippen molar-refractivity contribution in [1.29, 1.82) is 0 Å². The van der Waals surface area contributed by atoms with Crippen molar-refractivity contribution >= 4 is 38.6 Å². The van der Waals surface area contributed by atoms with Gasteiger partial charge in [-0.3, -0.25) is 14.6 Å². The number of benzene rings is 2. The van der Waals surface area contributed by atoms with Gasteiger partial charge in [0.1, 0.15) is 0 Å². The van der Waals surface area contributed by atoms with Crippen LogP contribution < -0.4 is 5.32 Å². The number of hydrogen-bond acceptors (Lipinski definition) is 5. The monoisotopic (exact) mass is 461 g/mol. The van der Waals surface area contributed by atoms with Gasteiger partial charge in [-0.15, -0.1) is 11.3 Å². The van der Waals surface area contributed by atoms with Gasteiger partial charge in [0.05, 0.1) is 20.2 Å². The van der Waals surface area contributed by atoms with Gasteiger partial charge in [0.2, 0.25) is 0 Å². The van der Waals surface area contributed by atoms with Gasteiger partial charge < -0.3 is 5.32 Å². The van der Waals surface area contributed by atoms with Crippen LogP contribution in [0.1, 0.15) is 20.0 Å². The molecule has 4 aromatic rings. The minimum absolute atomic E-state index is 0.162. The minimum Gasteiger partial charge on any atom is -0.321 e. The molecule has 0 aliphatic rings. The van der Waals surface area contributed by atoms with Crippen LogP contribution in [0.5, 0.6) is 0 Å². The standard InChI is InChI=1S/C24H19N3O3S2/c1-32(30,21-6-3-2-4-7-21)27-23(28)19-14-18(15-25-16-19)17-9-11-20(12-10-17)26-24(29)22-8-5-13-31-22/h2-16H,1H3,(H,26,29)/t32-/m1/s1. The summed E-state index contributed by atoms with van der Waals surface area (Å²) < 4.78 is 16.9. The van der Waals surface area contributed by atoms with E-state index in [9.17, 15) is 13.8 Å². The van der Waals surface area contributed by atoms with Crippen molar-refractivity contribution in [3.63, 3.8) is 0 Å². The summed E-state index contributed by atoms with van der Waals surface area (Å²) in [6, 6.07) is 21.2. The number of nitrogens with one attached hydrogen (secondary N) is 1. The third kappa shape index (κ3) is 4.99. The molecule has 160 valence electrons. The molecule has 0 aliphatic heterocycles. The highest BCUT2D eigenvalue weighted by Gasteiger charge is 2.13. The Morgan fingerprint density at radius 1 is 0.938 bits per heavy atom. The molecule has 2 aromatic carbocycles. The number of thiophene rings is 1. The normalized spacial score (nSPS) is 12.5. The number of aromatic nitrogens is 1. The summed E-state index contributed by atoms with van der Waals surface area (Å²) in [6.45, 7) is 0. The van der Waals surface area contributed by atoms with Gasteiger partial charge in [-0.1, -0.05) is 36.4 Å². The van der Waals surface area contributed by atoms with Crippen LogP contribution in [0.2, 0.25) is 0 Å². The number of carbonyl (C=O) groups excluding carboxylic acids is 2. The molecule has 32 heavy (non-hydrogen) atoms. The molecule has 2 heterocycles. The maximum Gasteiger partial charge on any atom is 0.286 e. The number of nitrogens with zero attached hydrogens (tertiary/aromatic N) is 2. The Balaban J connectivity index is 1.54. The fourth-order valence-electron chi connectivity index (χ4n) is 3.00. The number of anilines is 1. The van der Waals surface area contributed by atoms with E-state index in [1.54, 1.807) is 54.7 Å². The second kappa shape index (κ2) is 9.25. The molecule has 0 bridgehead atoms. The summed E-state index contributed by atoms with van der Waals surface area (Å²) in [5.41, 5.74) is 2.45. The van der Waals surface area contributed by atoms with Crippen molar-refractivity contribution < 1.29 is 13.8 Å². The number of pyridine rings is 1. The molecule has 0 saturated carbocycles. The van der Waals surface area contributed by atoms with Gasteiger partial charge >= 0.3 is 0 Å². The molecule has 6 nitrogen and oxygen atoms in total. The maximum absolute atomic E-state index is 12.9. The SMILES string of the molecule is C[S@](=O)(=NC(=O)c1cncc(-c2ccc(NC(=O)c3cccs3)cc2)c1)c1ccccc1. The van der Waals surface area contributed by atoms with Crippen LogP contribution in [-0.2, 0) is 9.73 Å². The Morgan fingerprint density at radius 2 is 1.69 bits per heavy atom. The Hall–Kier alpha value is -3.62. The molecule has 4 rings (SSSR count). The van der Waals surface area contributed by atoms with Gasteiger partial charge in [0.15, 0.2) is 0 Å². The van der Waals surface area contributed by atoms with Crippen LogP contribution in [-0.4, -0.2) is 27.3 Å². The fourth-order valence-corrected chi connectivity index (χ4v) is 4.81. The fraction of sp³-hybridized carbons (Fsp3) is 0.0417. The second-order valence-corrected chi connectivity index (χ2v) is 10.2. The van der Waals surface area contributed by atoms with E-state index >= 15 is 0 Å². The molecule has 0 unspecified atom stereocenters. The largest absolute Gasteiger partial charge is 0.321 e. The Labute approximate surface area is 190 Å². The van der Waals surface area contributed by atoms with E-state index in [-0.39, 0.29) is 11.5 Å². The van der Waals surface area contributed by atoms with Crippen LogP contribution in [0.4, 0.5) is 5.69 Å². The number of hydrogen-bond donors (Lipinski definition) is 1. The van der Waals surface area contributed by atoms with Crippen molar-refractivity contribution in [1.82, 2.24) is 4.98 Å². The smallest absolute Gasteiger partial charge is 0.286 e. The van der Waals surface area contributed by atoms with E-state index in [1.165, 1.54) is 23.8 Å². The van der Waals surface area contributed by atoms with Gasteiger partial charge in [-0.2, -0.15) is 4.36 Å². The summed E-state index contributed by atoms with van der Waals surface area (Å²) >= 11 is 1.38. The van der Waals surface area contributed by atoms with Crippen LogP contribution in [0.15, 0.2) is 99.8 Å². The molecule has 1 N–H and O–H groups in total. The molecule has 1 atom stereocenters. The highest BCUT2D eigenvalue weighted by Crippen LogP contribution is 2.23. The molecule has 8 heteroatoms. The number of rotatable bonds is 5. The van der Waals surface area contributed by atoms with Crippen molar-refractivity contribution in [3.05, 3.63) is 101 Å². The zero-order valence-electron chi connectivity index (χ0n) is 17.1. The second-order valence-electron chi connectivity index (χ2n) is 6.98. The molecule has 0 spiro atoms. The van der Waals surface area contributed by atoms with E-state index in [4.69, 9.17) is 0 Å². The topological polar surface area (TPSA) is 88.5 Å². The number of carbonyl (C=O) groups is 2. The molecular weight excluding hydrogens is 442 g/mol. The Kier molecular flexibility index (Phi) is 6.25. The molecular formula is C24H19N3O3S2. The lowest BCUT2D eigenvalue weighted by atomic mass is 10.1. The summed E-state index contributed by atoms with van der Waals surface area (Å²) in [7, 11) is -2.86. The molecule has 2 aromatic heterocycles. The summed E-state index contributed by atoms with van der Waals surface area (Å²) in [4.78, 5) is 30.1. The summed E-state index contributed by atoms with van der Waals surface area (Å²) in [6.07, 6.45) is 4.49. The van der Waals surface area contributed by atoms with Crippen molar-refractivity contribution in [2.24, 2.45) is 4.36 Å². The quantitative estimate of drug-likeness (QED) is 0.433. The van der Waals surface area contributed by atoms with E-state index < -0.39 is 15.6 Å². The third-order valence-corrected chi connectivity index (χ3v) is 7.17. The first kappa shape index (κ1) is 21.6. The lowest BCUT2D eigenvalue weighted by Gasteiger charge is -2.07. The third-order valence-electron chi connectivity index (χ3n) is 4.64. The van der Waals surface area contributed by atoms with Gasteiger partial charge in [0, 0.05) is 34.8 Å². The highest BCUT2D eigenvalue weighted by atomic mass is 32.2. The predicted octanol–water partition coefficient (Wildman–Crippen LogP) is 5.36. The first-order chi connectivity index (χ1) is 15.4. The van der Waals surface area contributed by atoms with Crippen LogP contribution in [0, 0.1) is 0 Å². The molecule has 0 aliphatic carbocycles. The first-order valence-electron chi connectivity index (χ1n) is 9.64.